The van der Waals surface area contributed by atoms with E-state index in [4.69, 9.17) is 14.2 Å². The highest BCUT2D eigenvalue weighted by Gasteiger charge is 2.30. The monoisotopic (exact) mass is 374 g/mol. The molecule has 0 N–H and O–H groups in total. The highest BCUT2D eigenvalue weighted by molar-refractivity contribution is 9.10. The fraction of sp³-hybridized carbons (Fsp3) is 0.200. The van der Waals surface area contributed by atoms with E-state index in [1.807, 2.05) is 0 Å². The van der Waals surface area contributed by atoms with Gasteiger partial charge in [0.1, 0.15) is 24.7 Å². The van der Waals surface area contributed by atoms with E-state index in [-0.39, 0.29) is 0 Å². The van der Waals surface area contributed by atoms with Gasteiger partial charge in [-0.1, -0.05) is 0 Å². The van der Waals surface area contributed by atoms with Crippen LogP contribution >= 0.6 is 15.9 Å². The minimum absolute atomic E-state index is 0.302. The molecule has 0 aromatic heterocycles. The molecule has 1 aliphatic rings. The number of halogens is 4. The Hall–Kier alpha value is -1.89. The largest absolute Gasteiger partial charge is 0.486 e. The van der Waals surface area contributed by atoms with Gasteiger partial charge in [0.2, 0.25) is 0 Å². The van der Waals surface area contributed by atoms with E-state index in [0.717, 1.165) is 12.1 Å². The summed E-state index contributed by atoms with van der Waals surface area (Å²) in [5, 5.41) is 0. The summed E-state index contributed by atoms with van der Waals surface area (Å²) < 4.78 is 54.7. The first-order valence-electron chi connectivity index (χ1n) is 6.38. The lowest BCUT2D eigenvalue weighted by molar-refractivity contribution is -0.137. The Balaban J connectivity index is 1.83. The summed E-state index contributed by atoms with van der Waals surface area (Å²) in [7, 11) is 0. The van der Waals surface area contributed by atoms with Crippen LogP contribution in [0.1, 0.15) is 5.56 Å². The molecular formula is C15H10BrF3O3. The van der Waals surface area contributed by atoms with Gasteiger partial charge >= 0.3 is 6.18 Å². The first-order valence-corrected chi connectivity index (χ1v) is 7.17. The zero-order valence-electron chi connectivity index (χ0n) is 11.1. The lowest BCUT2D eigenvalue weighted by atomic mass is 10.2. The SMILES string of the molecule is FC(F)(F)c1ccc(Oc2cc(Br)c3c(c2)OCCO3)cc1. The van der Waals surface area contributed by atoms with Crippen LogP contribution in [-0.4, -0.2) is 13.2 Å². The molecule has 0 saturated carbocycles. The summed E-state index contributed by atoms with van der Waals surface area (Å²) in [6.45, 7) is 0.897. The van der Waals surface area contributed by atoms with Gasteiger partial charge in [0.15, 0.2) is 11.5 Å². The Bertz CT molecular complexity index is 684. The fourth-order valence-electron chi connectivity index (χ4n) is 1.99. The molecule has 1 aliphatic heterocycles. The van der Waals surface area contributed by atoms with Crippen molar-refractivity contribution in [3.8, 4) is 23.0 Å². The maximum absolute atomic E-state index is 12.5. The van der Waals surface area contributed by atoms with Crippen molar-refractivity contribution in [3.05, 3.63) is 46.4 Å². The summed E-state index contributed by atoms with van der Waals surface area (Å²) >= 11 is 3.35. The summed E-state index contributed by atoms with van der Waals surface area (Å²) in [5.74, 6) is 1.86. The van der Waals surface area contributed by atoms with Crippen LogP contribution in [0.5, 0.6) is 23.0 Å². The number of fused-ring (bicyclic) bond motifs is 1. The van der Waals surface area contributed by atoms with Gasteiger partial charge in [-0.3, -0.25) is 0 Å². The number of rotatable bonds is 2. The molecule has 2 aromatic carbocycles. The van der Waals surface area contributed by atoms with Gasteiger partial charge in [-0.2, -0.15) is 13.2 Å². The molecule has 7 heteroatoms. The molecule has 116 valence electrons. The average molecular weight is 375 g/mol. The van der Waals surface area contributed by atoms with Crippen molar-refractivity contribution in [1.29, 1.82) is 0 Å². The molecule has 3 nitrogen and oxygen atoms in total. The summed E-state index contributed by atoms with van der Waals surface area (Å²) in [6, 6.07) is 7.80. The molecule has 0 radical (unpaired) electrons. The molecular weight excluding hydrogens is 365 g/mol. The maximum atomic E-state index is 12.5. The second-order valence-electron chi connectivity index (χ2n) is 4.55. The van der Waals surface area contributed by atoms with E-state index in [1.54, 1.807) is 12.1 Å². The zero-order valence-corrected chi connectivity index (χ0v) is 12.7. The Morgan fingerprint density at radius 1 is 0.955 bits per heavy atom. The molecule has 0 spiro atoms. The Morgan fingerprint density at radius 3 is 2.32 bits per heavy atom. The summed E-state index contributed by atoms with van der Waals surface area (Å²) in [5.41, 5.74) is -0.719. The van der Waals surface area contributed by atoms with Crippen LogP contribution in [0.4, 0.5) is 13.2 Å². The van der Waals surface area contributed by atoms with Crippen LogP contribution in [0.2, 0.25) is 0 Å². The average Bonchev–Trinajstić information content (AvgIpc) is 2.47. The fourth-order valence-corrected chi connectivity index (χ4v) is 2.53. The number of alkyl halides is 3. The van der Waals surface area contributed by atoms with Crippen molar-refractivity contribution in [1.82, 2.24) is 0 Å². The van der Waals surface area contributed by atoms with Crippen LogP contribution in [0.3, 0.4) is 0 Å². The smallest absolute Gasteiger partial charge is 0.416 e. The number of hydrogen-bond acceptors (Lipinski definition) is 3. The minimum atomic E-state index is -4.36. The number of benzene rings is 2. The van der Waals surface area contributed by atoms with Gasteiger partial charge in [0, 0.05) is 6.07 Å². The van der Waals surface area contributed by atoms with Gasteiger partial charge < -0.3 is 14.2 Å². The van der Waals surface area contributed by atoms with Crippen molar-refractivity contribution in [2.45, 2.75) is 6.18 Å². The van der Waals surface area contributed by atoms with E-state index >= 15 is 0 Å². The first kappa shape index (κ1) is 15.0. The predicted octanol–water partition coefficient (Wildman–Crippen LogP) is 5.03. The number of hydrogen-bond donors (Lipinski definition) is 0. The van der Waals surface area contributed by atoms with Crippen molar-refractivity contribution >= 4 is 15.9 Å². The molecule has 0 atom stereocenters. The maximum Gasteiger partial charge on any atom is 0.416 e. The lowest BCUT2D eigenvalue weighted by Gasteiger charge is -2.20. The highest BCUT2D eigenvalue weighted by Crippen LogP contribution is 2.42. The molecule has 0 fully saturated rings. The lowest BCUT2D eigenvalue weighted by Crippen LogP contribution is -2.15. The van der Waals surface area contributed by atoms with Crippen LogP contribution in [0.15, 0.2) is 40.9 Å². The molecule has 2 aromatic rings. The molecule has 0 aliphatic carbocycles. The summed E-state index contributed by atoms with van der Waals surface area (Å²) in [4.78, 5) is 0. The zero-order chi connectivity index (χ0) is 15.7. The molecule has 1 heterocycles. The molecule has 0 saturated heterocycles. The van der Waals surface area contributed by atoms with Gasteiger partial charge in [-0.25, -0.2) is 0 Å². The van der Waals surface area contributed by atoms with Gasteiger partial charge in [-0.05, 0) is 46.3 Å². The van der Waals surface area contributed by atoms with Crippen molar-refractivity contribution in [2.24, 2.45) is 0 Å². The third-order valence-corrected chi connectivity index (χ3v) is 3.58. The molecule has 0 bridgehead atoms. The molecule has 3 rings (SSSR count). The van der Waals surface area contributed by atoms with Crippen LogP contribution in [-0.2, 0) is 6.18 Å². The Morgan fingerprint density at radius 2 is 1.64 bits per heavy atom. The quantitative estimate of drug-likeness (QED) is 0.737. The predicted molar refractivity (Wildman–Crippen MR) is 76.7 cm³/mol. The molecule has 0 unspecified atom stereocenters. The first-order chi connectivity index (χ1) is 10.4. The standard InChI is InChI=1S/C15H10BrF3O3/c16-12-7-11(8-13-14(12)21-6-5-20-13)22-10-3-1-9(2-4-10)15(17,18)19/h1-4,7-8H,5-6H2. The normalized spacial score (nSPS) is 13.8. The van der Waals surface area contributed by atoms with E-state index in [0.29, 0.717) is 40.7 Å². The van der Waals surface area contributed by atoms with Crippen molar-refractivity contribution in [2.75, 3.05) is 13.2 Å². The van der Waals surface area contributed by atoms with Crippen molar-refractivity contribution < 1.29 is 27.4 Å². The van der Waals surface area contributed by atoms with E-state index in [1.165, 1.54) is 12.1 Å². The summed E-state index contributed by atoms with van der Waals surface area (Å²) in [6.07, 6.45) is -4.36. The topological polar surface area (TPSA) is 27.7 Å². The second kappa shape index (κ2) is 5.72. The van der Waals surface area contributed by atoms with Crippen LogP contribution in [0.25, 0.3) is 0 Å². The third kappa shape index (κ3) is 3.14. The molecule has 22 heavy (non-hydrogen) atoms. The van der Waals surface area contributed by atoms with E-state index in [9.17, 15) is 13.2 Å². The van der Waals surface area contributed by atoms with Crippen LogP contribution < -0.4 is 14.2 Å². The second-order valence-corrected chi connectivity index (χ2v) is 5.41. The Kier molecular flexibility index (Phi) is 3.90. The Labute approximate surface area is 132 Å². The van der Waals surface area contributed by atoms with E-state index < -0.39 is 11.7 Å². The van der Waals surface area contributed by atoms with Crippen molar-refractivity contribution in [3.63, 3.8) is 0 Å². The van der Waals surface area contributed by atoms with Gasteiger partial charge in [0.25, 0.3) is 0 Å². The third-order valence-electron chi connectivity index (χ3n) is 2.99. The van der Waals surface area contributed by atoms with Gasteiger partial charge in [-0.15, -0.1) is 0 Å². The van der Waals surface area contributed by atoms with Gasteiger partial charge in [0.05, 0.1) is 10.0 Å². The van der Waals surface area contributed by atoms with E-state index in [2.05, 4.69) is 15.9 Å². The molecule has 0 amide bonds. The minimum Gasteiger partial charge on any atom is -0.486 e. The van der Waals surface area contributed by atoms with Crippen LogP contribution in [0, 0.1) is 0 Å². The number of ether oxygens (including phenoxy) is 3. The highest BCUT2D eigenvalue weighted by atomic mass is 79.9.